The van der Waals surface area contributed by atoms with E-state index in [9.17, 15) is 13.2 Å². The summed E-state index contributed by atoms with van der Waals surface area (Å²) in [6.45, 7) is 0. The predicted molar refractivity (Wildman–Crippen MR) is 61.4 cm³/mol. The van der Waals surface area contributed by atoms with Crippen molar-refractivity contribution in [1.29, 1.82) is 0 Å². The van der Waals surface area contributed by atoms with Crippen molar-refractivity contribution < 1.29 is 18.3 Å². The third-order valence-electron chi connectivity index (χ3n) is 2.26. The van der Waals surface area contributed by atoms with Gasteiger partial charge in [0.15, 0.2) is 9.84 Å². The Morgan fingerprint density at radius 2 is 2.11 bits per heavy atom. The fourth-order valence-corrected chi connectivity index (χ4v) is 1.91. The average Bonchev–Trinajstić information content (AvgIpc) is 2.77. The van der Waals surface area contributed by atoms with Crippen LogP contribution in [0.3, 0.4) is 0 Å². The van der Waals surface area contributed by atoms with Crippen molar-refractivity contribution >= 4 is 15.8 Å². The third kappa shape index (κ3) is 2.23. The minimum Gasteiger partial charge on any atom is -0.478 e. The number of nitrogens with zero attached hydrogens (tertiary/aromatic N) is 3. The molecule has 2 aromatic rings. The number of hydrogen-bond acceptors (Lipinski definition) is 5. The van der Waals surface area contributed by atoms with E-state index in [1.165, 1.54) is 35.5 Å². The lowest BCUT2D eigenvalue weighted by Gasteiger charge is -2.04. The first kappa shape index (κ1) is 12.2. The highest BCUT2D eigenvalue weighted by molar-refractivity contribution is 7.90. The summed E-state index contributed by atoms with van der Waals surface area (Å²) in [4.78, 5) is 14.7. The van der Waals surface area contributed by atoms with E-state index in [2.05, 4.69) is 10.1 Å². The summed E-state index contributed by atoms with van der Waals surface area (Å²) in [6.07, 6.45) is 6.07. The molecule has 94 valence electrons. The highest BCUT2D eigenvalue weighted by Gasteiger charge is 2.15. The van der Waals surface area contributed by atoms with Gasteiger partial charge in [-0.25, -0.2) is 17.9 Å². The Labute approximate surface area is 103 Å². The molecule has 0 unspecified atom stereocenters. The van der Waals surface area contributed by atoms with E-state index < -0.39 is 15.8 Å². The minimum absolute atomic E-state index is 0.0238. The van der Waals surface area contributed by atoms with Crippen LogP contribution in [0, 0.1) is 0 Å². The lowest BCUT2D eigenvalue weighted by atomic mass is 10.2. The molecule has 0 fully saturated rings. The largest absolute Gasteiger partial charge is 0.478 e. The smallest absolute Gasteiger partial charge is 0.339 e. The highest BCUT2D eigenvalue weighted by atomic mass is 32.2. The second kappa shape index (κ2) is 4.22. The fraction of sp³-hybridized carbons (Fsp3) is 0.100. The van der Waals surface area contributed by atoms with Crippen molar-refractivity contribution in [2.45, 2.75) is 4.90 Å². The van der Waals surface area contributed by atoms with Gasteiger partial charge in [-0.15, -0.1) is 0 Å². The maximum Gasteiger partial charge on any atom is 0.339 e. The fourth-order valence-electron chi connectivity index (χ4n) is 1.38. The molecule has 0 saturated heterocycles. The van der Waals surface area contributed by atoms with Crippen LogP contribution in [0.15, 0.2) is 35.7 Å². The number of pyridine rings is 1. The van der Waals surface area contributed by atoms with Crippen molar-refractivity contribution in [1.82, 2.24) is 14.8 Å². The molecule has 7 nitrogen and oxygen atoms in total. The molecule has 0 aromatic carbocycles. The molecule has 2 rings (SSSR count). The van der Waals surface area contributed by atoms with Gasteiger partial charge in [0, 0.05) is 24.8 Å². The maximum atomic E-state index is 11.3. The number of carboxylic acids is 1. The van der Waals surface area contributed by atoms with Gasteiger partial charge in [0.05, 0.1) is 11.9 Å². The first-order valence-corrected chi connectivity index (χ1v) is 6.71. The molecule has 2 aromatic heterocycles. The van der Waals surface area contributed by atoms with E-state index in [1.807, 2.05) is 0 Å². The number of sulfone groups is 1. The van der Waals surface area contributed by atoms with Crippen molar-refractivity contribution in [3.63, 3.8) is 0 Å². The summed E-state index contributed by atoms with van der Waals surface area (Å²) in [5.41, 5.74) is 0.202. The van der Waals surface area contributed by atoms with Gasteiger partial charge in [0.25, 0.3) is 0 Å². The summed E-state index contributed by atoms with van der Waals surface area (Å²) < 4.78 is 23.8. The van der Waals surface area contributed by atoms with Crippen LogP contribution in [-0.4, -0.2) is 40.5 Å². The quantitative estimate of drug-likeness (QED) is 0.861. The number of hydrogen-bond donors (Lipinski definition) is 1. The van der Waals surface area contributed by atoms with Crippen molar-refractivity contribution in [3.05, 3.63) is 36.4 Å². The Morgan fingerprint density at radius 1 is 1.39 bits per heavy atom. The molecule has 0 aliphatic heterocycles. The third-order valence-corrected chi connectivity index (χ3v) is 3.33. The van der Waals surface area contributed by atoms with Crippen LogP contribution in [0.5, 0.6) is 0 Å². The highest BCUT2D eigenvalue weighted by Crippen LogP contribution is 2.15. The monoisotopic (exact) mass is 267 g/mol. The summed E-state index contributed by atoms with van der Waals surface area (Å²) in [5, 5.41) is 12.8. The maximum absolute atomic E-state index is 11.3. The van der Waals surface area contributed by atoms with E-state index in [-0.39, 0.29) is 16.1 Å². The van der Waals surface area contributed by atoms with E-state index in [4.69, 9.17) is 5.11 Å². The number of carbonyl (C=O) groups is 1. The number of carboxylic acid groups (broad SMARTS) is 1. The standard InChI is InChI=1S/C10H9N3O4S/c1-18(16,17)7-4-12-13(6-7)9-2-3-11-5-8(9)10(14)15/h2-6H,1H3,(H,14,15). The Morgan fingerprint density at radius 3 is 2.67 bits per heavy atom. The Hall–Kier alpha value is -2.22. The molecule has 1 N–H and O–H groups in total. The zero-order valence-electron chi connectivity index (χ0n) is 9.31. The van der Waals surface area contributed by atoms with Gasteiger partial charge in [-0.05, 0) is 6.07 Å². The zero-order valence-corrected chi connectivity index (χ0v) is 10.1. The van der Waals surface area contributed by atoms with Crippen molar-refractivity contribution in [2.75, 3.05) is 6.26 Å². The van der Waals surface area contributed by atoms with Gasteiger partial charge in [0.2, 0.25) is 0 Å². The SMILES string of the molecule is CS(=O)(=O)c1cnn(-c2ccncc2C(=O)O)c1. The van der Waals surface area contributed by atoms with Gasteiger partial charge in [-0.2, -0.15) is 5.10 Å². The van der Waals surface area contributed by atoms with Gasteiger partial charge >= 0.3 is 5.97 Å². The molecule has 8 heteroatoms. The van der Waals surface area contributed by atoms with Crippen LogP contribution >= 0.6 is 0 Å². The summed E-state index contributed by atoms with van der Waals surface area (Å²) >= 11 is 0. The van der Waals surface area contributed by atoms with Crippen LogP contribution in [0.25, 0.3) is 5.69 Å². The summed E-state index contributed by atoms with van der Waals surface area (Å²) in [7, 11) is -3.37. The van der Waals surface area contributed by atoms with E-state index in [1.54, 1.807) is 0 Å². The zero-order chi connectivity index (χ0) is 13.3. The summed E-state index contributed by atoms with van der Waals surface area (Å²) in [6, 6.07) is 1.45. The van der Waals surface area contributed by atoms with Crippen LogP contribution in [0.1, 0.15) is 10.4 Å². The Balaban J connectivity index is 2.57. The van der Waals surface area contributed by atoms with Crippen LogP contribution < -0.4 is 0 Å². The topological polar surface area (TPSA) is 102 Å². The molecule has 0 aliphatic rings. The molecule has 0 aliphatic carbocycles. The lowest BCUT2D eigenvalue weighted by molar-refractivity contribution is 0.0696. The average molecular weight is 267 g/mol. The molecule has 0 amide bonds. The first-order valence-electron chi connectivity index (χ1n) is 4.82. The number of rotatable bonds is 3. The Bertz CT molecular complexity index is 705. The van der Waals surface area contributed by atoms with Crippen LogP contribution in [-0.2, 0) is 9.84 Å². The minimum atomic E-state index is -3.37. The number of aromatic nitrogens is 3. The van der Waals surface area contributed by atoms with Crippen molar-refractivity contribution in [3.8, 4) is 5.69 Å². The molecular weight excluding hydrogens is 258 g/mol. The van der Waals surface area contributed by atoms with Gasteiger partial charge in [-0.1, -0.05) is 0 Å². The van der Waals surface area contributed by atoms with Gasteiger partial charge < -0.3 is 5.11 Å². The molecule has 0 saturated carbocycles. The van der Waals surface area contributed by atoms with E-state index in [0.29, 0.717) is 0 Å². The molecule has 0 bridgehead atoms. The lowest BCUT2D eigenvalue weighted by Crippen LogP contribution is -2.06. The molecule has 18 heavy (non-hydrogen) atoms. The predicted octanol–water partition coefficient (Wildman–Crippen LogP) is 0.369. The second-order valence-corrected chi connectivity index (χ2v) is 5.61. The Kier molecular flexibility index (Phi) is 2.87. The molecular formula is C10H9N3O4S. The van der Waals surface area contributed by atoms with Gasteiger partial charge in [0.1, 0.15) is 10.5 Å². The van der Waals surface area contributed by atoms with Crippen LogP contribution in [0.2, 0.25) is 0 Å². The molecule has 0 atom stereocenters. The molecule has 2 heterocycles. The second-order valence-electron chi connectivity index (χ2n) is 3.59. The van der Waals surface area contributed by atoms with E-state index >= 15 is 0 Å². The van der Waals surface area contributed by atoms with Gasteiger partial charge in [-0.3, -0.25) is 4.98 Å². The first-order chi connectivity index (χ1) is 8.39. The normalized spacial score (nSPS) is 11.4. The number of aromatic carboxylic acids is 1. The van der Waals surface area contributed by atoms with Crippen molar-refractivity contribution in [2.24, 2.45) is 0 Å². The summed E-state index contributed by atoms with van der Waals surface area (Å²) in [5.74, 6) is -1.16. The molecule has 0 radical (unpaired) electrons. The molecule has 0 spiro atoms. The van der Waals surface area contributed by atoms with Crippen LogP contribution in [0.4, 0.5) is 0 Å². The van der Waals surface area contributed by atoms with E-state index in [0.717, 1.165) is 6.26 Å².